The zero-order chi connectivity index (χ0) is 10.3. The molecule has 0 spiro atoms. The fourth-order valence-corrected chi connectivity index (χ4v) is 2.60. The predicted molar refractivity (Wildman–Crippen MR) is 57.9 cm³/mol. The van der Waals surface area contributed by atoms with Crippen molar-refractivity contribution in [2.75, 3.05) is 5.75 Å². The summed E-state index contributed by atoms with van der Waals surface area (Å²) in [4.78, 5) is 11.9. The predicted octanol–water partition coefficient (Wildman–Crippen LogP) is 2.81. The molecular weight excluding hydrogens is 196 g/mol. The third-order valence-electron chi connectivity index (χ3n) is 2.34. The van der Waals surface area contributed by atoms with Crippen LogP contribution in [0.1, 0.15) is 21.5 Å². The number of aryl methyl sites for hydroxylation is 1. The average Bonchev–Trinajstić information content (AvgIpc) is 2.46. The lowest BCUT2D eigenvalue weighted by Crippen LogP contribution is -2.00. The van der Waals surface area contributed by atoms with Crippen LogP contribution in [0.4, 0.5) is 0 Å². The van der Waals surface area contributed by atoms with Gasteiger partial charge in [0.05, 0.1) is 5.56 Å². The quantitative estimate of drug-likeness (QED) is 0.767. The van der Waals surface area contributed by atoms with Gasteiger partial charge in [-0.2, -0.15) is 0 Å². The molecule has 1 heterocycles. The minimum absolute atomic E-state index is 0.394. The Hall–Kier alpha value is -1.22. The highest BCUT2D eigenvalue weighted by Crippen LogP contribution is 2.39. The van der Waals surface area contributed by atoms with Gasteiger partial charge in [-0.15, -0.1) is 11.8 Å². The van der Waals surface area contributed by atoms with E-state index in [1.807, 2.05) is 13.0 Å². The first-order valence-corrected chi connectivity index (χ1v) is 5.27. The number of carbonyl (C=O) groups is 1. The van der Waals surface area contributed by atoms with Crippen molar-refractivity contribution in [2.45, 2.75) is 11.8 Å². The standard InChI is InChI=1S/C11H10O2S/c1-6-3-8-7(2)5-14-10(8)4-9(6)11(12)13/h3-4H,2,5H2,1H3,(H,12,13). The van der Waals surface area contributed by atoms with Gasteiger partial charge < -0.3 is 5.11 Å². The lowest BCUT2D eigenvalue weighted by Gasteiger charge is -2.04. The summed E-state index contributed by atoms with van der Waals surface area (Å²) in [6, 6.07) is 3.66. The Morgan fingerprint density at radius 3 is 2.93 bits per heavy atom. The summed E-state index contributed by atoms with van der Waals surface area (Å²) >= 11 is 1.65. The zero-order valence-electron chi connectivity index (χ0n) is 7.83. The van der Waals surface area contributed by atoms with Gasteiger partial charge in [0, 0.05) is 10.6 Å². The Morgan fingerprint density at radius 1 is 1.57 bits per heavy atom. The number of aromatic carboxylic acids is 1. The van der Waals surface area contributed by atoms with Crippen LogP contribution in [0.5, 0.6) is 0 Å². The highest BCUT2D eigenvalue weighted by atomic mass is 32.2. The number of thioether (sulfide) groups is 1. The number of hydrogen-bond acceptors (Lipinski definition) is 2. The van der Waals surface area contributed by atoms with E-state index in [0.29, 0.717) is 5.56 Å². The topological polar surface area (TPSA) is 37.3 Å². The van der Waals surface area contributed by atoms with Crippen molar-refractivity contribution in [1.29, 1.82) is 0 Å². The van der Waals surface area contributed by atoms with Crippen LogP contribution >= 0.6 is 11.8 Å². The van der Waals surface area contributed by atoms with Gasteiger partial charge in [0.1, 0.15) is 0 Å². The Kier molecular flexibility index (Phi) is 2.11. The molecule has 2 nitrogen and oxygen atoms in total. The highest BCUT2D eigenvalue weighted by molar-refractivity contribution is 8.00. The summed E-state index contributed by atoms with van der Waals surface area (Å²) in [7, 11) is 0. The molecule has 0 aliphatic carbocycles. The van der Waals surface area contributed by atoms with E-state index in [0.717, 1.165) is 27.3 Å². The van der Waals surface area contributed by atoms with E-state index in [4.69, 9.17) is 5.11 Å². The minimum atomic E-state index is -0.858. The summed E-state index contributed by atoms with van der Waals surface area (Å²) in [6.45, 7) is 5.76. The summed E-state index contributed by atoms with van der Waals surface area (Å²) < 4.78 is 0. The molecule has 2 rings (SSSR count). The maximum absolute atomic E-state index is 10.9. The maximum atomic E-state index is 10.9. The average molecular weight is 206 g/mol. The van der Waals surface area contributed by atoms with Gasteiger partial charge in [-0.05, 0) is 35.8 Å². The van der Waals surface area contributed by atoms with Gasteiger partial charge in [-0.25, -0.2) is 4.79 Å². The second kappa shape index (κ2) is 3.17. The lowest BCUT2D eigenvalue weighted by molar-refractivity contribution is 0.0696. The molecule has 0 saturated heterocycles. The molecule has 0 aromatic heterocycles. The second-order valence-electron chi connectivity index (χ2n) is 3.36. The third-order valence-corrected chi connectivity index (χ3v) is 3.48. The third kappa shape index (κ3) is 1.34. The van der Waals surface area contributed by atoms with Crippen molar-refractivity contribution in [2.24, 2.45) is 0 Å². The summed E-state index contributed by atoms with van der Waals surface area (Å²) in [5.74, 6) is 0.0149. The van der Waals surface area contributed by atoms with Crippen LogP contribution in [0, 0.1) is 6.92 Å². The van der Waals surface area contributed by atoms with Gasteiger partial charge in [0.25, 0.3) is 0 Å². The molecule has 1 aliphatic heterocycles. The van der Waals surface area contributed by atoms with Crippen molar-refractivity contribution in [3.05, 3.63) is 35.4 Å². The first-order valence-electron chi connectivity index (χ1n) is 4.28. The zero-order valence-corrected chi connectivity index (χ0v) is 8.65. The van der Waals surface area contributed by atoms with Crippen molar-refractivity contribution in [3.8, 4) is 0 Å². The Labute approximate surface area is 86.6 Å². The maximum Gasteiger partial charge on any atom is 0.335 e. The molecule has 0 fully saturated rings. The van der Waals surface area contributed by atoms with Crippen molar-refractivity contribution < 1.29 is 9.90 Å². The fourth-order valence-electron chi connectivity index (χ4n) is 1.56. The SMILES string of the molecule is C=C1CSc2cc(C(=O)O)c(C)cc21. The van der Waals surface area contributed by atoms with Gasteiger partial charge in [0.2, 0.25) is 0 Å². The molecule has 1 aromatic carbocycles. The fraction of sp³-hybridized carbons (Fsp3) is 0.182. The number of carboxylic acids is 1. The Morgan fingerprint density at radius 2 is 2.29 bits per heavy atom. The number of carboxylic acid groups (broad SMARTS) is 1. The molecule has 3 heteroatoms. The van der Waals surface area contributed by atoms with Gasteiger partial charge in [0.15, 0.2) is 0 Å². The monoisotopic (exact) mass is 206 g/mol. The minimum Gasteiger partial charge on any atom is -0.478 e. The van der Waals surface area contributed by atoms with E-state index in [1.165, 1.54) is 0 Å². The van der Waals surface area contributed by atoms with Crippen molar-refractivity contribution in [3.63, 3.8) is 0 Å². The summed E-state index contributed by atoms with van der Waals surface area (Å²) in [5, 5.41) is 8.93. The van der Waals surface area contributed by atoms with E-state index < -0.39 is 5.97 Å². The van der Waals surface area contributed by atoms with Gasteiger partial charge in [-0.1, -0.05) is 6.58 Å². The molecule has 0 radical (unpaired) electrons. The first-order chi connectivity index (χ1) is 6.59. The molecule has 1 N–H and O–H groups in total. The molecule has 1 aromatic rings. The molecule has 1 aliphatic rings. The van der Waals surface area contributed by atoms with Gasteiger partial charge >= 0.3 is 5.97 Å². The van der Waals surface area contributed by atoms with Crippen LogP contribution in [0.15, 0.2) is 23.6 Å². The van der Waals surface area contributed by atoms with Crippen LogP contribution in [-0.2, 0) is 0 Å². The van der Waals surface area contributed by atoms with Crippen molar-refractivity contribution >= 4 is 23.3 Å². The normalized spacial score (nSPS) is 14.2. The highest BCUT2D eigenvalue weighted by Gasteiger charge is 2.19. The summed E-state index contributed by atoms with van der Waals surface area (Å²) in [5.41, 5.74) is 3.40. The molecule has 14 heavy (non-hydrogen) atoms. The van der Waals surface area contributed by atoms with Crippen LogP contribution in [0.3, 0.4) is 0 Å². The second-order valence-corrected chi connectivity index (χ2v) is 4.38. The first kappa shape index (κ1) is 9.34. The molecular formula is C11H10O2S. The van der Waals surface area contributed by atoms with Crippen LogP contribution in [0.25, 0.3) is 5.57 Å². The lowest BCUT2D eigenvalue weighted by atomic mass is 10.0. The van der Waals surface area contributed by atoms with Crippen LogP contribution in [-0.4, -0.2) is 16.8 Å². The number of benzene rings is 1. The number of rotatable bonds is 1. The number of hydrogen-bond donors (Lipinski definition) is 1. The number of fused-ring (bicyclic) bond motifs is 1. The Bertz CT molecular complexity index is 435. The molecule has 0 atom stereocenters. The molecule has 0 amide bonds. The van der Waals surface area contributed by atoms with Crippen molar-refractivity contribution in [1.82, 2.24) is 0 Å². The van der Waals surface area contributed by atoms with E-state index in [9.17, 15) is 4.79 Å². The van der Waals surface area contributed by atoms with Gasteiger partial charge in [-0.3, -0.25) is 0 Å². The van der Waals surface area contributed by atoms with E-state index in [-0.39, 0.29) is 0 Å². The van der Waals surface area contributed by atoms with E-state index in [2.05, 4.69) is 6.58 Å². The largest absolute Gasteiger partial charge is 0.478 e. The summed E-state index contributed by atoms with van der Waals surface area (Å²) in [6.07, 6.45) is 0. The van der Waals surface area contributed by atoms with E-state index in [1.54, 1.807) is 17.8 Å². The van der Waals surface area contributed by atoms with Crippen LogP contribution in [0.2, 0.25) is 0 Å². The molecule has 0 bridgehead atoms. The Balaban J connectivity index is 2.61. The van der Waals surface area contributed by atoms with E-state index >= 15 is 0 Å². The smallest absolute Gasteiger partial charge is 0.335 e. The molecule has 0 saturated carbocycles. The molecule has 0 unspecified atom stereocenters. The van der Waals surface area contributed by atoms with Crippen LogP contribution < -0.4 is 0 Å². The molecule has 72 valence electrons.